The van der Waals surface area contributed by atoms with Gasteiger partial charge in [0.15, 0.2) is 5.84 Å². The predicted octanol–water partition coefficient (Wildman–Crippen LogP) is 2.16. The Hall–Kier alpha value is -2.69. The summed E-state index contributed by atoms with van der Waals surface area (Å²) >= 11 is 0. The molecule has 1 aromatic heterocycles. The van der Waals surface area contributed by atoms with Crippen molar-refractivity contribution < 1.29 is 5.21 Å². The van der Waals surface area contributed by atoms with Gasteiger partial charge in [-0.05, 0) is 6.07 Å². The summed E-state index contributed by atoms with van der Waals surface area (Å²) in [7, 11) is 1.93. The minimum atomic E-state index is 0.377. The quantitative estimate of drug-likeness (QED) is 0.635. The fourth-order valence-electron chi connectivity index (χ4n) is 2.28. The number of fused-ring (bicyclic) bond motifs is 1. The van der Waals surface area contributed by atoms with Crippen molar-refractivity contribution >= 4 is 17.2 Å². The van der Waals surface area contributed by atoms with Gasteiger partial charge in [-0.15, -0.1) is 0 Å². The van der Waals surface area contributed by atoms with Crippen molar-refractivity contribution in [1.82, 2.24) is 4.98 Å². The summed E-state index contributed by atoms with van der Waals surface area (Å²) in [5.74, 6) is 0.377. The number of benzene rings is 1. The Morgan fingerprint density at radius 3 is 2.75 bits per heavy atom. The highest BCUT2D eigenvalue weighted by molar-refractivity contribution is 6.21. The summed E-state index contributed by atoms with van der Waals surface area (Å²) in [6.45, 7) is 0.436. The first kappa shape index (κ1) is 12.3. The van der Waals surface area contributed by atoms with Gasteiger partial charge in [0.2, 0.25) is 0 Å². The summed E-state index contributed by atoms with van der Waals surface area (Å²) in [4.78, 5) is 10.6. The Kier molecular flexibility index (Phi) is 3.16. The third-order valence-electron chi connectivity index (χ3n) is 3.25. The van der Waals surface area contributed by atoms with Crippen LogP contribution in [0.1, 0.15) is 11.1 Å². The molecule has 1 N–H and O–H groups in total. The van der Waals surface area contributed by atoms with Crippen molar-refractivity contribution in [3.8, 4) is 0 Å². The molecule has 0 amide bonds. The first-order valence-corrected chi connectivity index (χ1v) is 6.30. The lowest BCUT2D eigenvalue weighted by atomic mass is 10.0. The molecule has 0 aliphatic carbocycles. The number of hydrogen-bond donors (Lipinski definition) is 1. The number of rotatable bonds is 1. The minimum Gasteiger partial charge on any atom is -0.409 e. The van der Waals surface area contributed by atoms with E-state index in [1.54, 1.807) is 12.4 Å². The normalized spacial score (nSPS) is 16.6. The van der Waals surface area contributed by atoms with Crippen LogP contribution in [0.5, 0.6) is 0 Å². The molecule has 0 bridgehead atoms. The molecule has 0 spiro atoms. The fraction of sp³-hybridized carbons (Fsp3) is 0.133. The zero-order chi connectivity index (χ0) is 13.9. The first-order valence-electron chi connectivity index (χ1n) is 6.30. The summed E-state index contributed by atoms with van der Waals surface area (Å²) in [6, 6.07) is 11.8. The first-order chi connectivity index (χ1) is 9.79. The van der Waals surface area contributed by atoms with Gasteiger partial charge in [-0.3, -0.25) is 4.98 Å². The maximum absolute atomic E-state index is 9.12. The minimum absolute atomic E-state index is 0.377. The number of aliphatic imine (C=N–C) groups is 1. The molecule has 3 rings (SSSR count). The highest BCUT2D eigenvalue weighted by Crippen LogP contribution is 2.24. The lowest BCUT2D eigenvalue weighted by molar-refractivity contribution is 0.317. The number of amidine groups is 1. The molecule has 0 saturated heterocycles. The van der Waals surface area contributed by atoms with Crippen molar-refractivity contribution in [2.45, 2.75) is 0 Å². The van der Waals surface area contributed by atoms with Crippen LogP contribution in [-0.4, -0.2) is 35.3 Å². The number of likely N-dealkylation sites (N-methyl/N-ethyl adjacent to an activating group) is 1. The van der Waals surface area contributed by atoms with Gasteiger partial charge in [0.1, 0.15) is 0 Å². The molecule has 1 aromatic carbocycles. The zero-order valence-electron chi connectivity index (χ0n) is 11.1. The molecular weight excluding hydrogens is 252 g/mol. The van der Waals surface area contributed by atoms with E-state index in [-0.39, 0.29) is 0 Å². The number of nitrogens with zero attached hydrogens (tertiary/aromatic N) is 4. The second-order valence-electron chi connectivity index (χ2n) is 4.59. The molecule has 1 aliphatic rings. The molecule has 20 heavy (non-hydrogen) atoms. The van der Waals surface area contributed by atoms with E-state index in [9.17, 15) is 0 Å². The van der Waals surface area contributed by atoms with Gasteiger partial charge in [0.25, 0.3) is 0 Å². The van der Waals surface area contributed by atoms with Crippen LogP contribution in [0.3, 0.4) is 0 Å². The van der Waals surface area contributed by atoms with Crippen LogP contribution in [0, 0.1) is 0 Å². The van der Waals surface area contributed by atoms with Crippen LogP contribution >= 0.6 is 0 Å². The lowest BCUT2D eigenvalue weighted by Gasteiger charge is -2.18. The van der Waals surface area contributed by atoms with E-state index in [0.717, 1.165) is 22.5 Å². The zero-order valence-corrected chi connectivity index (χ0v) is 11.1. The number of pyridine rings is 1. The molecule has 2 heterocycles. The Labute approximate surface area is 116 Å². The molecule has 5 heteroatoms. The molecule has 0 unspecified atom stereocenters. The molecule has 2 aromatic rings. The van der Waals surface area contributed by atoms with Gasteiger partial charge < -0.3 is 10.1 Å². The average Bonchev–Trinajstić information content (AvgIpc) is 2.65. The van der Waals surface area contributed by atoms with Crippen LogP contribution in [0.2, 0.25) is 0 Å². The van der Waals surface area contributed by atoms with Crippen LogP contribution < -0.4 is 4.90 Å². The van der Waals surface area contributed by atoms with Crippen molar-refractivity contribution in [1.29, 1.82) is 0 Å². The maximum atomic E-state index is 9.12. The Morgan fingerprint density at radius 2 is 2.00 bits per heavy atom. The molecule has 5 nitrogen and oxygen atoms in total. The number of hydrogen-bond acceptors (Lipinski definition) is 4. The predicted molar refractivity (Wildman–Crippen MR) is 78.8 cm³/mol. The highest BCUT2D eigenvalue weighted by Gasteiger charge is 2.20. The molecule has 1 aliphatic heterocycles. The van der Waals surface area contributed by atoms with Gasteiger partial charge in [-0.1, -0.05) is 35.5 Å². The summed E-state index contributed by atoms with van der Waals surface area (Å²) in [5.41, 5.74) is 3.72. The van der Waals surface area contributed by atoms with Crippen LogP contribution in [0.25, 0.3) is 0 Å². The van der Waals surface area contributed by atoms with Crippen LogP contribution in [-0.2, 0) is 0 Å². The van der Waals surface area contributed by atoms with Crippen molar-refractivity contribution in [3.05, 3.63) is 59.9 Å². The summed E-state index contributed by atoms with van der Waals surface area (Å²) in [6.07, 6.45) is 3.54. The van der Waals surface area contributed by atoms with Crippen LogP contribution in [0.15, 0.2) is 58.9 Å². The number of anilines is 1. The molecule has 0 saturated carbocycles. The van der Waals surface area contributed by atoms with Crippen molar-refractivity contribution in [3.63, 3.8) is 0 Å². The lowest BCUT2D eigenvalue weighted by Crippen LogP contribution is -2.23. The second-order valence-corrected chi connectivity index (χ2v) is 4.59. The monoisotopic (exact) mass is 266 g/mol. The molecule has 0 radical (unpaired) electrons. The fourth-order valence-corrected chi connectivity index (χ4v) is 2.28. The van der Waals surface area contributed by atoms with E-state index in [1.165, 1.54) is 0 Å². The average molecular weight is 266 g/mol. The highest BCUT2D eigenvalue weighted by atomic mass is 16.4. The van der Waals surface area contributed by atoms with Gasteiger partial charge in [0.05, 0.1) is 24.1 Å². The number of oxime groups is 1. The summed E-state index contributed by atoms with van der Waals surface area (Å²) < 4.78 is 0. The van der Waals surface area contributed by atoms with E-state index in [4.69, 9.17) is 5.21 Å². The molecular formula is C15H14N4O. The summed E-state index contributed by atoms with van der Waals surface area (Å²) in [5, 5.41) is 12.4. The molecule has 100 valence electrons. The largest absolute Gasteiger partial charge is 0.409 e. The SMILES string of the molecule is CN1CC(=NO)N=C(c2ccccc2)c2ccncc21. The smallest absolute Gasteiger partial charge is 0.187 e. The Morgan fingerprint density at radius 1 is 1.20 bits per heavy atom. The Bertz CT molecular complexity index is 679. The second kappa shape index (κ2) is 5.13. The van der Waals surface area contributed by atoms with E-state index >= 15 is 0 Å². The van der Waals surface area contributed by atoms with Crippen molar-refractivity contribution in [2.75, 3.05) is 18.5 Å². The van der Waals surface area contributed by atoms with Gasteiger partial charge >= 0.3 is 0 Å². The third-order valence-corrected chi connectivity index (χ3v) is 3.25. The maximum Gasteiger partial charge on any atom is 0.187 e. The van der Waals surface area contributed by atoms with Gasteiger partial charge in [-0.2, -0.15) is 0 Å². The standard InChI is InChI=1S/C15H14N4O/c1-19-10-14(18-20)17-15(11-5-3-2-4-6-11)12-7-8-16-9-13(12)19/h2-9,20H,10H2,1H3. The van der Waals surface area contributed by atoms with Crippen molar-refractivity contribution in [2.24, 2.45) is 10.1 Å². The van der Waals surface area contributed by atoms with E-state index < -0.39 is 0 Å². The van der Waals surface area contributed by atoms with E-state index in [2.05, 4.69) is 15.1 Å². The van der Waals surface area contributed by atoms with Crippen LogP contribution in [0.4, 0.5) is 5.69 Å². The Balaban J connectivity index is 2.23. The van der Waals surface area contributed by atoms with E-state index in [0.29, 0.717) is 12.4 Å². The molecule has 0 atom stereocenters. The third kappa shape index (κ3) is 2.14. The van der Waals surface area contributed by atoms with Gasteiger partial charge in [-0.25, -0.2) is 4.99 Å². The number of aromatic nitrogens is 1. The molecule has 0 fully saturated rings. The van der Waals surface area contributed by atoms with Gasteiger partial charge in [0, 0.05) is 24.4 Å². The topological polar surface area (TPSA) is 61.1 Å². The van der Waals surface area contributed by atoms with E-state index in [1.807, 2.05) is 48.3 Å².